The molecule has 2 aliphatic rings. The number of nitrogens with two attached hydrogens (primary N) is 1. The first-order valence-corrected chi connectivity index (χ1v) is 7.53. The fraction of sp³-hybridized carbons (Fsp3) is 0.500. The van der Waals surface area contributed by atoms with E-state index in [0.717, 1.165) is 18.4 Å². The van der Waals surface area contributed by atoms with E-state index in [4.69, 9.17) is 5.73 Å². The molecule has 2 fully saturated rings. The molecule has 3 N–H and O–H groups in total. The molecule has 0 spiro atoms. The summed E-state index contributed by atoms with van der Waals surface area (Å²) in [6.07, 6.45) is 2.87. The molecule has 1 heterocycles. The van der Waals surface area contributed by atoms with E-state index in [1.54, 1.807) is 0 Å². The van der Waals surface area contributed by atoms with E-state index in [2.05, 4.69) is 5.32 Å². The van der Waals surface area contributed by atoms with Crippen molar-refractivity contribution >= 4 is 24.2 Å². The van der Waals surface area contributed by atoms with Crippen molar-refractivity contribution in [3.05, 3.63) is 35.9 Å². The Hall–Kier alpha value is -1.59. The van der Waals surface area contributed by atoms with Gasteiger partial charge in [-0.25, -0.2) is 0 Å². The number of benzene rings is 1. The molecule has 22 heavy (non-hydrogen) atoms. The number of hydrogen-bond donors (Lipinski definition) is 2. The second kappa shape index (κ2) is 7.11. The van der Waals surface area contributed by atoms with Crippen LogP contribution in [0.2, 0.25) is 0 Å². The number of rotatable bonds is 5. The predicted molar refractivity (Wildman–Crippen MR) is 86.5 cm³/mol. The minimum atomic E-state index is -0.303. The van der Waals surface area contributed by atoms with Crippen molar-refractivity contribution in [3.8, 4) is 0 Å². The zero-order chi connectivity index (χ0) is 14.8. The van der Waals surface area contributed by atoms with E-state index in [0.29, 0.717) is 19.0 Å². The number of carbonyl (C=O) groups excluding carboxylic acids is 2. The van der Waals surface area contributed by atoms with Crippen molar-refractivity contribution in [1.82, 2.24) is 10.2 Å². The van der Waals surface area contributed by atoms with E-state index in [-0.39, 0.29) is 42.7 Å². The van der Waals surface area contributed by atoms with Gasteiger partial charge in [-0.1, -0.05) is 30.3 Å². The molecule has 1 aromatic carbocycles. The lowest BCUT2D eigenvalue weighted by molar-refractivity contribution is -0.128. The molecule has 0 bridgehead atoms. The summed E-state index contributed by atoms with van der Waals surface area (Å²) in [6, 6.07) is 9.65. The molecule has 2 amide bonds. The van der Waals surface area contributed by atoms with Crippen molar-refractivity contribution in [1.29, 1.82) is 0 Å². The van der Waals surface area contributed by atoms with Gasteiger partial charge in [0, 0.05) is 31.5 Å². The summed E-state index contributed by atoms with van der Waals surface area (Å²) in [6.45, 7) is 0.649. The van der Waals surface area contributed by atoms with Crippen LogP contribution in [0.5, 0.6) is 0 Å². The minimum absolute atomic E-state index is 0. The molecular formula is C16H22ClN3O2. The number of carbonyl (C=O) groups is 2. The first kappa shape index (κ1) is 16.8. The fourth-order valence-corrected chi connectivity index (χ4v) is 2.87. The molecule has 0 aromatic heterocycles. The third-order valence-electron chi connectivity index (χ3n) is 4.14. The number of likely N-dealkylation sites (tertiary alicyclic amines) is 1. The number of amides is 2. The zero-order valence-electron chi connectivity index (χ0n) is 12.4. The molecule has 120 valence electrons. The van der Waals surface area contributed by atoms with Crippen LogP contribution >= 0.6 is 12.4 Å². The monoisotopic (exact) mass is 323 g/mol. The van der Waals surface area contributed by atoms with Crippen molar-refractivity contribution in [3.63, 3.8) is 0 Å². The van der Waals surface area contributed by atoms with Gasteiger partial charge in [-0.2, -0.15) is 0 Å². The Bertz CT molecular complexity index is 533. The van der Waals surface area contributed by atoms with Gasteiger partial charge in [-0.15, -0.1) is 12.4 Å². The quantitative estimate of drug-likeness (QED) is 0.859. The SMILES string of the molecule is Cl.NC(CC(=O)NC1CC(=O)N(C2CC2)C1)c1ccccc1. The lowest BCUT2D eigenvalue weighted by Gasteiger charge is -2.17. The number of halogens is 1. The van der Waals surface area contributed by atoms with Gasteiger partial charge in [0.25, 0.3) is 0 Å². The van der Waals surface area contributed by atoms with Crippen LogP contribution in [0.4, 0.5) is 0 Å². The molecule has 6 heteroatoms. The maximum atomic E-state index is 12.1. The van der Waals surface area contributed by atoms with Crippen LogP contribution in [-0.4, -0.2) is 35.3 Å². The first-order chi connectivity index (χ1) is 10.1. The summed E-state index contributed by atoms with van der Waals surface area (Å²) in [5, 5.41) is 2.94. The minimum Gasteiger partial charge on any atom is -0.351 e. The third kappa shape index (κ3) is 3.99. The average molecular weight is 324 g/mol. The standard InChI is InChI=1S/C16H21N3O2.ClH/c17-14(11-4-2-1-3-5-11)9-15(20)18-12-8-16(21)19(10-12)13-6-7-13;/h1-5,12-14H,6-10,17H2,(H,18,20);1H. The molecular weight excluding hydrogens is 302 g/mol. The second-order valence-electron chi connectivity index (χ2n) is 5.97. The van der Waals surface area contributed by atoms with Gasteiger partial charge < -0.3 is 16.0 Å². The maximum Gasteiger partial charge on any atom is 0.225 e. The summed E-state index contributed by atoms with van der Waals surface area (Å²) < 4.78 is 0. The van der Waals surface area contributed by atoms with Crippen LogP contribution in [0.25, 0.3) is 0 Å². The molecule has 3 rings (SSSR count). The van der Waals surface area contributed by atoms with Crippen molar-refractivity contribution in [2.24, 2.45) is 5.73 Å². The van der Waals surface area contributed by atoms with Gasteiger partial charge in [-0.3, -0.25) is 9.59 Å². The van der Waals surface area contributed by atoms with Gasteiger partial charge >= 0.3 is 0 Å². The Morgan fingerprint density at radius 2 is 2.00 bits per heavy atom. The van der Waals surface area contributed by atoms with Crippen LogP contribution in [0.3, 0.4) is 0 Å². The highest BCUT2D eigenvalue weighted by Gasteiger charge is 2.39. The Balaban J connectivity index is 0.00000176. The Kier molecular flexibility index (Phi) is 5.42. The third-order valence-corrected chi connectivity index (χ3v) is 4.14. The van der Waals surface area contributed by atoms with Crippen molar-refractivity contribution < 1.29 is 9.59 Å². The summed E-state index contributed by atoms with van der Waals surface area (Å²) >= 11 is 0. The number of nitrogens with one attached hydrogen (secondary N) is 1. The predicted octanol–water partition coefficient (Wildman–Crippen LogP) is 1.38. The molecule has 2 atom stereocenters. The first-order valence-electron chi connectivity index (χ1n) is 7.53. The molecule has 1 saturated heterocycles. The smallest absolute Gasteiger partial charge is 0.225 e. The molecule has 1 aliphatic heterocycles. The van der Waals surface area contributed by atoms with E-state index in [9.17, 15) is 9.59 Å². The van der Waals surface area contributed by atoms with Crippen LogP contribution in [-0.2, 0) is 9.59 Å². The molecule has 5 nitrogen and oxygen atoms in total. The molecule has 1 saturated carbocycles. The highest BCUT2D eigenvalue weighted by Crippen LogP contribution is 2.30. The summed E-state index contributed by atoms with van der Waals surface area (Å²) in [7, 11) is 0. The van der Waals surface area contributed by atoms with E-state index < -0.39 is 0 Å². The van der Waals surface area contributed by atoms with E-state index in [1.165, 1.54) is 0 Å². The Morgan fingerprint density at radius 1 is 1.32 bits per heavy atom. The van der Waals surface area contributed by atoms with Crippen LogP contribution in [0, 0.1) is 0 Å². The summed E-state index contributed by atoms with van der Waals surface area (Å²) in [4.78, 5) is 25.8. The van der Waals surface area contributed by atoms with Crippen LogP contribution < -0.4 is 11.1 Å². The molecule has 1 aliphatic carbocycles. The highest BCUT2D eigenvalue weighted by atomic mass is 35.5. The maximum absolute atomic E-state index is 12.1. The highest BCUT2D eigenvalue weighted by molar-refractivity contribution is 5.85. The molecule has 0 radical (unpaired) electrons. The Morgan fingerprint density at radius 3 is 2.64 bits per heavy atom. The zero-order valence-corrected chi connectivity index (χ0v) is 13.2. The Labute approximate surface area is 136 Å². The van der Waals surface area contributed by atoms with Crippen LogP contribution in [0.15, 0.2) is 30.3 Å². The normalized spacial score (nSPS) is 22.1. The van der Waals surface area contributed by atoms with E-state index >= 15 is 0 Å². The largest absolute Gasteiger partial charge is 0.351 e. The number of nitrogens with zero attached hydrogens (tertiary/aromatic N) is 1. The van der Waals surface area contributed by atoms with Gasteiger partial charge in [0.2, 0.25) is 11.8 Å². The second-order valence-corrected chi connectivity index (χ2v) is 5.97. The van der Waals surface area contributed by atoms with Gasteiger partial charge in [-0.05, 0) is 18.4 Å². The lowest BCUT2D eigenvalue weighted by Crippen LogP contribution is -2.38. The van der Waals surface area contributed by atoms with Crippen molar-refractivity contribution in [2.75, 3.05) is 6.54 Å². The summed E-state index contributed by atoms with van der Waals surface area (Å²) in [5.74, 6) is 0.0805. The lowest BCUT2D eigenvalue weighted by atomic mass is 10.0. The van der Waals surface area contributed by atoms with Crippen molar-refractivity contribution in [2.45, 2.75) is 43.8 Å². The van der Waals surface area contributed by atoms with Crippen LogP contribution in [0.1, 0.15) is 37.3 Å². The van der Waals surface area contributed by atoms with Gasteiger partial charge in [0.1, 0.15) is 0 Å². The average Bonchev–Trinajstić information content (AvgIpc) is 3.24. The summed E-state index contributed by atoms with van der Waals surface area (Å²) in [5.41, 5.74) is 7.00. The number of hydrogen-bond acceptors (Lipinski definition) is 3. The van der Waals surface area contributed by atoms with Gasteiger partial charge in [0.15, 0.2) is 0 Å². The molecule has 2 unspecified atom stereocenters. The van der Waals surface area contributed by atoms with Gasteiger partial charge in [0.05, 0.1) is 6.04 Å². The molecule has 1 aromatic rings. The van der Waals surface area contributed by atoms with E-state index in [1.807, 2.05) is 35.2 Å². The fourth-order valence-electron chi connectivity index (χ4n) is 2.87. The topological polar surface area (TPSA) is 75.4 Å².